The highest BCUT2D eigenvalue weighted by Gasteiger charge is 2.36. The van der Waals surface area contributed by atoms with E-state index in [4.69, 9.17) is 5.11 Å². The average Bonchev–Trinajstić information content (AvgIpc) is 2.26. The Balaban J connectivity index is 2.76. The summed E-state index contributed by atoms with van der Waals surface area (Å²) in [5.41, 5.74) is 0. The second-order valence-electron chi connectivity index (χ2n) is 4.71. The van der Waals surface area contributed by atoms with Gasteiger partial charge in [0.1, 0.15) is 6.04 Å². The molecule has 0 amide bonds. The molecule has 1 saturated heterocycles. The van der Waals surface area contributed by atoms with E-state index in [2.05, 4.69) is 4.72 Å². The molecule has 0 spiro atoms. The molecular weight excluding hydrogens is 244 g/mol. The lowest BCUT2D eigenvalue weighted by molar-refractivity contribution is -0.142. The summed E-state index contributed by atoms with van der Waals surface area (Å²) >= 11 is 0. The van der Waals surface area contributed by atoms with Gasteiger partial charge in [0.25, 0.3) is 10.2 Å². The van der Waals surface area contributed by atoms with Crippen molar-refractivity contribution >= 4 is 16.2 Å². The van der Waals surface area contributed by atoms with Gasteiger partial charge < -0.3 is 5.11 Å². The summed E-state index contributed by atoms with van der Waals surface area (Å²) in [6, 6.07) is -0.923. The molecule has 0 aromatic rings. The number of aliphatic carboxylic acids is 1. The van der Waals surface area contributed by atoms with Crippen molar-refractivity contribution in [2.45, 2.75) is 39.2 Å². The lowest BCUT2D eigenvalue weighted by Crippen LogP contribution is -2.52. The number of carbonyl (C=O) groups is 1. The van der Waals surface area contributed by atoms with E-state index >= 15 is 0 Å². The van der Waals surface area contributed by atoms with E-state index < -0.39 is 22.2 Å². The first-order valence-electron chi connectivity index (χ1n) is 5.84. The van der Waals surface area contributed by atoms with Gasteiger partial charge in [0.05, 0.1) is 0 Å². The molecule has 1 fully saturated rings. The van der Waals surface area contributed by atoms with Gasteiger partial charge in [-0.1, -0.05) is 13.8 Å². The van der Waals surface area contributed by atoms with Crippen molar-refractivity contribution in [1.82, 2.24) is 9.03 Å². The van der Waals surface area contributed by atoms with E-state index in [0.717, 1.165) is 10.7 Å². The maximum absolute atomic E-state index is 12.0. The fourth-order valence-electron chi connectivity index (χ4n) is 1.79. The van der Waals surface area contributed by atoms with Crippen LogP contribution in [0.3, 0.4) is 0 Å². The summed E-state index contributed by atoms with van der Waals surface area (Å²) in [6.07, 6.45) is 1.86. The number of hydrogen-bond donors (Lipinski definition) is 2. The predicted molar refractivity (Wildman–Crippen MR) is 63.7 cm³/mol. The van der Waals surface area contributed by atoms with Crippen molar-refractivity contribution < 1.29 is 18.3 Å². The normalized spacial score (nSPS) is 22.9. The third-order valence-corrected chi connectivity index (χ3v) is 4.31. The van der Waals surface area contributed by atoms with E-state index in [1.54, 1.807) is 0 Å². The molecule has 0 unspecified atom stereocenters. The Bertz CT molecular complexity index is 367. The molecule has 100 valence electrons. The van der Waals surface area contributed by atoms with Crippen molar-refractivity contribution in [1.29, 1.82) is 0 Å². The van der Waals surface area contributed by atoms with Gasteiger partial charge in [0, 0.05) is 13.1 Å². The summed E-state index contributed by atoms with van der Waals surface area (Å²) in [6.45, 7) is 4.40. The van der Waals surface area contributed by atoms with Gasteiger partial charge >= 0.3 is 5.97 Å². The number of hydrogen-bond acceptors (Lipinski definition) is 3. The quantitative estimate of drug-likeness (QED) is 0.753. The topological polar surface area (TPSA) is 86.7 Å². The van der Waals surface area contributed by atoms with Crippen LogP contribution < -0.4 is 4.72 Å². The average molecular weight is 264 g/mol. The fraction of sp³-hybridized carbons (Fsp3) is 0.900. The molecule has 17 heavy (non-hydrogen) atoms. The molecule has 1 aliphatic rings. The van der Waals surface area contributed by atoms with Crippen LogP contribution >= 0.6 is 0 Å². The maximum Gasteiger partial charge on any atom is 0.322 e. The third kappa shape index (κ3) is 3.93. The Hall–Kier alpha value is -0.660. The fourth-order valence-corrected chi connectivity index (χ4v) is 3.40. The molecule has 1 rings (SSSR count). The minimum Gasteiger partial charge on any atom is -0.480 e. The Morgan fingerprint density at radius 1 is 1.47 bits per heavy atom. The van der Waals surface area contributed by atoms with Crippen molar-refractivity contribution in [3.05, 3.63) is 0 Å². The highest BCUT2D eigenvalue weighted by molar-refractivity contribution is 7.87. The van der Waals surface area contributed by atoms with Crippen LogP contribution in [0.4, 0.5) is 0 Å². The summed E-state index contributed by atoms with van der Waals surface area (Å²) in [5.74, 6) is -0.877. The minimum absolute atomic E-state index is 0.192. The predicted octanol–water partition coefficient (Wildman–Crippen LogP) is 0.416. The van der Waals surface area contributed by atoms with Gasteiger partial charge in [-0.05, 0) is 25.2 Å². The number of nitrogens with one attached hydrogen (secondary N) is 1. The van der Waals surface area contributed by atoms with E-state index in [-0.39, 0.29) is 12.5 Å². The van der Waals surface area contributed by atoms with Crippen molar-refractivity contribution in [2.75, 3.05) is 13.1 Å². The summed E-state index contributed by atoms with van der Waals surface area (Å²) in [7, 11) is -3.67. The van der Waals surface area contributed by atoms with Crippen LogP contribution in [-0.2, 0) is 15.0 Å². The Morgan fingerprint density at radius 3 is 2.65 bits per heavy atom. The van der Waals surface area contributed by atoms with Gasteiger partial charge in [-0.15, -0.1) is 0 Å². The maximum atomic E-state index is 12.0. The molecule has 0 aliphatic carbocycles. The molecule has 0 aromatic carbocycles. The zero-order chi connectivity index (χ0) is 13.1. The second-order valence-corrected chi connectivity index (χ2v) is 6.42. The molecule has 0 radical (unpaired) electrons. The SMILES string of the molecule is CC(C)CNS(=O)(=O)N1CCCC[C@@H]1C(=O)O. The molecule has 1 atom stereocenters. The third-order valence-electron chi connectivity index (χ3n) is 2.72. The lowest BCUT2D eigenvalue weighted by atomic mass is 10.1. The van der Waals surface area contributed by atoms with Crippen LogP contribution in [0.2, 0.25) is 0 Å². The largest absolute Gasteiger partial charge is 0.480 e. The number of carboxylic acids is 1. The molecule has 0 bridgehead atoms. The summed E-state index contributed by atoms with van der Waals surface area (Å²) < 4.78 is 27.4. The second kappa shape index (κ2) is 5.79. The van der Waals surface area contributed by atoms with Gasteiger partial charge in [-0.3, -0.25) is 4.79 Å². The smallest absolute Gasteiger partial charge is 0.322 e. The number of nitrogens with zero attached hydrogens (tertiary/aromatic N) is 1. The standard InChI is InChI=1S/C10H20N2O4S/c1-8(2)7-11-17(15,16)12-6-4-3-5-9(12)10(13)14/h8-9,11H,3-7H2,1-2H3,(H,13,14)/t9-/m1/s1. The monoisotopic (exact) mass is 264 g/mol. The minimum atomic E-state index is -3.67. The van der Waals surface area contributed by atoms with E-state index in [1.807, 2.05) is 13.8 Å². The molecule has 1 heterocycles. The summed E-state index contributed by atoms with van der Waals surface area (Å²) in [5, 5.41) is 9.02. The molecule has 1 aliphatic heterocycles. The van der Waals surface area contributed by atoms with Gasteiger partial charge in [0.15, 0.2) is 0 Å². The highest BCUT2D eigenvalue weighted by Crippen LogP contribution is 2.19. The molecule has 0 aromatic heterocycles. The molecule has 0 saturated carbocycles. The Morgan fingerprint density at radius 2 is 2.12 bits per heavy atom. The van der Waals surface area contributed by atoms with Crippen LogP contribution in [0.5, 0.6) is 0 Å². The first-order chi connectivity index (χ1) is 7.84. The van der Waals surface area contributed by atoms with Crippen LogP contribution in [-0.4, -0.2) is 42.9 Å². The number of rotatable bonds is 5. The van der Waals surface area contributed by atoms with Crippen molar-refractivity contribution in [3.63, 3.8) is 0 Å². The first kappa shape index (κ1) is 14.4. The van der Waals surface area contributed by atoms with Gasteiger partial charge in [0.2, 0.25) is 0 Å². The lowest BCUT2D eigenvalue weighted by Gasteiger charge is -2.31. The highest BCUT2D eigenvalue weighted by atomic mass is 32.2. The molecule has 6 nitrogen and oxygen atoms in total. The van der Waals surface area contributed by atoms with Crippen molar-refractivity contribution in [2.24, 2.45) is 5.92 Å². The number of carboxylic acid groups (broad SMARTS) is 1. The Labute approximate surface area is 102 Å². The van der Waals surface area contributed by atoms with E-state index in [9.17, 15) is 13.2 Å². The first-order valence-corrected chi connectivity index (χ1v) is 7.28. The van der Waals surface area contributed by atoms with Crippen LogP contribution in [0, 0.1) is 5.92 Å². The van der Waals surface area contributed by atoms with Crippen LogP contribution in [0.25, 0.3) is 0 Å². The zero-order valence-electron chi connectivity index (χ0n) is 10.2. The molecular formula is C10H20N2O4S. The molecule has 2 N–H and O–H groups in total. The molecule has 7 heteroatoms. The summed E-state index contributed by atoms with van der Waals surface area (Å²) in [4.78, 5) is 11.0. The van der Waals surface area contributed by atoms with E-state index in [0.29, 0.717) is 19.4 Å². The zero-order valence-corrected chi connectivity index (χ0v) is 11.0. The van der Waals surface area contributed by atoms with Gasteiger partial charge in [-0.2, -0.15) is 12.7 Å². The van der Waals surface area contributed by atoms with Crippen LogP contribution in [0.15, 0.2) is 0 Å². The van der Waals surface area contributed by atoms with E-state index in [1.165, 1.54) is 0 Å². The van der Waals surface area contributed by atoms with Gasteiger partial charge in [-0.25, -0.2) is 4.72 Å². The Kier molecular flexibility index (Phi) is 4.91. The number of piperidine rings is 1. The van der Waals surface area contributed by atoms with Crippen LogP contribution in [0.1, 0.15) is 33.1 Å². The van der Waals surface area contributed by atoms with Crippen molar-refractivity contribution in [3.8, 4) is 0 Å².